The van der Waals surface area contributed by atoms with Crippen molar-refractivity contribution in [2.75, 3.05) is 23.7 Å². The summed E-state index contributed by atoms with van der Waals surface area (Å²) in [5.41, 5.74) is 9.13. The molecule has 4 aromatic rings. The van der Waals surface area contributed by atoms with Crippen molar-refractivity contribution in [3.63, 3.8) is 0 Å². The Bertz CT molecular complexity index is 1280. The van der Waals surface area contributed by atoms with Crippen molar-refractivity contribution in [3.05, 3.63) is 53.2 Å². The van der Waals surface area contributed by atoms with Gasteiger partial charge >= 0.3 is 0 Å². The van der Waals surface area contributed by atoms with Gasteiger partial charge in [0.1, 0.15) is 5.69 Å². The number of hydrogen-bond acceptors (Lipinski definition) is 9. The summed E-state index contributed by atoms with van der Waals surface area (Å²) in [4.78, 5) is 16.7. The number of benzene rings is 1. The van der Waals surface area contributed by atoms with Crippen molar-refractivity contribution >= 4 is 22.4 Å². The van der Waals surface area contributed by atoms with E-state index in [0.29, 0.717) is 29.2 Å². The fourth-order valence-corrected chi connectivity index (χ4v) is 4.70. The van der Waals surface area contributed by atoms with Crippen LogP contribution >= 0.6 is 11.3 Å². The van der Waals surface area contributed by atoms with E-state index in [1.807, 2.05) is 30.6 Å². The van der Waals surface area contributed by atoms with E-state index in [2.05, 4.69) is 36.2 Å². The minimum atomic E-state index is 0.142. The Labute approximate surface area is 189 Å². The molecule has 0 saturated carbocycles. The number of nitrogen functional groups attached to an aromatic ring is 1. The SMILES string of the molecule is N#Cc1cccc(-c2cc(-c3cn(Cc4cnc(N5CCCCC5)s4)nn3)nc(N)n2)c1. The molecule has 1 fully saturated rings. The summed E-state index contributed by atoms with van der Waals surface area (Å²) in [6, 6.07) is 11.2. The van der Waals surface area contributed by atoms with Gasteiger partial charge in [0, 0.05) is 29.7 Å². The molecule has 0 amide bonds. The Morgan fingerprint density at radius 2 is 1.91 bits per heavy atom. The van der Waals surface area contributed by atoms with Crippen LogP contribution in [0.25, 0.3) is 22.6 Å². The predicted molar refractivity (Wildman–Crippen MR) is 123 cm³/mol. The Balaban J connectivity index is 1.36. The summed E-state index contributed by atoms with van der Waals surface area (Å²) in [5.74, 6) is 0.142. The highest BCUT2D eigenvalue weighted by molar-refractivity contribution is 7.15. The van der Waals surface area contributed by atoms with Crippen molar-refractivity contribution < 1.29 is 0 Å². The van der Waals surface area contributed by atoms with E-state index in [9.17, 15) is 0 Å². The second-order valence-electron chi connectivity index (χ2n) is 7.65. The normalized spacial score (nSPS) is 13.8. The molecule has 1 aliphatic heterocycles. The molecule has 0 radical (unpaired) electrons. The topological polar surface area (TPSA) is 122 Å². The van der Waals surface area contributed by atoms with E-state index in [1.165, 1.54) is 19.3 Å². The van der Waals surface area contributed by atoms with Crippen LogP contribution in [0.4, 0.5) is 11.1 Å². The van der Waals surface area contributed by atoms with Gasteiger partial charge in [-0.15, -0.1) is 5.10 Å². The summed E-state index contributed by atoms with van der Waals surface area (Å²) in [6.45, 7) is 2.75. The number of nitrogens with two attached hydrogens (primary N) is 1. The molecule has 0 spiro atoms. The van der Waals surface area contributed by atoms with Gasteiger partial charge in [0.25, 0.3) is 0 Å². The highest BCUT2D eigenvalue weighted by Crippen LogP contribution is 2.27. The zero-order valence-corrected chi connectivity index (χ0v) is 18.2. The van der Waals surface area contributed by atoms with Crippen molar-refractivity contribution in [1.82, 2.24) is 29.9 Å². The highest BCUT2D eigenvalue weighted by Gasteiger charge is 2.15. The maximum absolute atomic E-state index is 9.16. The van der Waals surface area contributed by atoms with Crippen LogP contribution in [0, 0.1) is 11.3 Å². The van der Waals surface area contributed by atoms with Crippen LogP contribution in [0.1, 0.15) is 29.7 Å². The molecule has 5 rings (SSSR count). The fraction of sp³-hybridized carbons (Fsp3) is 0.273. The first-order chi connectivity index (χ1) is 15.7. The van der Waals surface area contributed by atoms with Gasteiger partial charge in [-0.2, -0.15) is 5.26 Å². The number of piperidine rings is 1. The molecule has 0 aliphatic carbocycles. The van der Waals surface area contributed by atoms with Crippen molar-refractivity contribution in [2.45, 2.75) is 25.8 Å². The van der Waals surface area contributed by atoms with Crippen molar-refractivity contribution in [3.8, 4) is 28.7 Å². The third kappa shape index (κ3) is 4.29. The maximum atomic E-state index is 9.16. The van der Waals surface area contributed by atoms with Gasteiger partial charge in [-0.25, -0.2) is 19.6 Å². The maximum Gasteiger partial charge on any atom is 0.221 e. The molecule has 1 aliphatic rings. The number of nitrogens with zero attached hydrogens (tertiary/aromatic N) is 8. The lowest BCUT2D eigenvalue weighted by molar-refractivity contribution is 0.577. The number of anilines is 2. The second kappa shape index (κ2) is 8.72. The second-order valence-corrected chi connectivity index (χ2v) is 8.74. The average molecular weight is 444 g/mol. The summed E-state index contributed by atoms with van der Waals surface area (Å²) in [7, 11) is 0. The number of thiazole rings is 1. The predicted octanol–water partition coefficient (Wildman–Crippen LogP) is 3.35. The number of rotatable bonds is 5. The first-order valence-electron chi connectivity index (χ1n) is 10.4. The summed E-state index contributed by atoms with van der Waals surface area (Å²) < 4.78 is 1.77. The van der Waals surface area contributed by atoms with Crippen LogP contribution < -0.4 is 10.6 Å². The number of aromatic nitrogens is 6. The third-order valence-corrected chi connectivity index (χ3v) is 6.36. The first kappa shape index (κ1) is 20.1. The number of hydrogen-bond donors (Lipinski definition) is 1. The van der Waals surface area contributed by atoms with E-state index >= 15 is 0 Å². The minimum Gasteiger partial charge on any atom is -0.368 e. The molecular formula is C22H21N9S. The van der Waals surface area contributed by atoms with Crippen molar-refractivity contribution in [1.29, 1.82) is 5.26 Å². The zero-order chi connectivity index (χ0) is 21.9. The zero-order valence-electron chi connectivity index (χ0n) is 17.3. The molecule has 32 heavy (non-hydrogen) atoms. The van der Waals surface area contributed by atoms with Crippen LogP contribution in [-0.4, -0.2) is 43.0 Å². The first-order valence-corrected chi connectivity index (χ1v) is 11.2. The molecule has 1 aromatic carbocycles. The van der Waals surface area contributed by atoms with Gasteiger partial charge in [-0.3, -0.25) is 0 Å². The molecule has 10 heteroatoms. The minimum absolute atomic E-state index is 0.142. The molecular weight excluding hydrogens is 422 g/mol. The molecule has 0 bridgehead atoms. The number of nitriles is 1. The Kier molecular flexibility index (Phi) is 5.47. The van der Waals surface area contributed by atoms with E-state index in [4.69, 9.17) is 11.0 Å². The molecule has 4 heterocycles. The molecule has 1 saturated heterocycles. The Hall–Kier alpha value is -3.84. The lowest BCUT2D eigenvalue weighted by Gasteiger charge is -2.25. The smallest absolute Gasteiger partial charge is 0.221 e. The molecule has 0 atom stereocenters. The van der Waals surface area contributed by atoms with Gasteiger partial charge in [-0.05, 0) is 37.5 Å². The van der Waals surface area contributed by atoms with E-state index in [1.54, 1.807) is 28.2 Å². The Morgan fingerprint density at radius 3 is 2.75 bits per heavy atom. The summed E-state index contributed by atoms with van der Waals surface area (Å²) in [5, 5.41) is 18.8. The van der Waals surface area contributed by atoms with Crippen LogP contribution in [-0.2, 0) is 6.54 Å². The van der Waals surface area contributed by atoms with Crippen LogP contribution in [0.3, 0.4) is 0 Å². The van der Waals surface area contributed by atoms with Crippen LogP contribution in [0.2, 0.25) is 0 Å². The molecule has 160 valence electrons. The van der Waals surface area contributed by atoms with E-state index < -0.39 is 0 Å². The quantitative estimate of drug-likeness (QED) is 0.498. The molecule has 0 unspecified atom stereocenters. The van der Waals surface area contributed by atoms with Gasteiger partial charge in [-0.1, -0.05) is 28.7 Å². The lowest BCUT2D eigenvalue weighted by atomic mass is 10.1. The standard InChI is InChI=1S/C22H21N9S/c23-11-15-5-4-6-16(9-15)18-10-19(27-21(24)26-18)20-14-31(29-28-20)13-17-12-25-22(32-17)30-7-2-1-3-8-30/h4-6,9-10,12,14H,1-3,7-8,13H2,(H2,24,26,27). The largest absolute Gasteiger partial charge is 0.368 e. The van der Waals surface area contributed by atoms with Crippen LogP contribution in [0.5, 0.6) is 0 Å². The molecule has 2 N–H and O–H groups in total. The summed E-state index contributed by atoms with van der Waals surface area (Å²) >= 11 is 1.70. The van der Waals surface area contributed by atoms with E-state index in [-0.39, 0.29) is 5.95 Å². The third-order valence-electron chi connectivity index (χ3n) is 5.32. The van der Waals surface area contributed by atoms with Gasteiger partial charge in [0.2, 0.25) is 5.95 Å². The van der Waals surface area contributed by atoms with Crippen LogP contribution in [0.15, 0.2) is 42.7 Å². The summed E-state index contributed by atoms with van der Waals surface area (Å²) in [6.07, 6.45) is 7.52. The van der Waals surface area contributed by atoms with Gasteiger partial charge < -0.3 is 10.6 Å². The van der Waals surface area contributed by atoms with E-state index in [0.717, 1.165) is 28.7 Å². The average Bonchev–Trinajstić information content (AvgIpc) is 3.50. The fourth-order valence-electron chi connectivity index (χ4n) is 3.75. The molecule has 3 aromatic heterocycles. The monoisotopic (exact) mass is 443 g/mol. The molecule has 9 nitrogen and oxygen atoms in total. The highest BCUT2D eigenvalue weighted by atomic mass is 32.1. The van der Waals surface area contributed by atoms with Gasteiger partial charge in [0.15, 0.2) is 5.13 Å². The van der Waals surface area contributed by atoms with Gasteiger partial charge in [0.05, 0.1) is 35.8 Å². The Morgan fingerprint density at radius 1 is 1.06 bits per heavy atom. The lowest BCUT2D eigenvalue weighted by Crippen LogP contribution is -2.29. The van der Waals surface area contributed by atoms with Crippen molar-refractivity contribution in [2.24, 2.45) is 0 Å².